The molecule has 0 amide bonds. The first-order chi connectivity index (χ1) is 6.07. The van der Waals surface area contributed by atoms with Crippen LogP contribution in [-0.2, 0) is 0 Å². The molecule has 1 rings (SSSR count). The van der Waals surface area contributed by atoms with Crippen molar-refractivity contribution in [1.29, 1.82) is 0 Å². The lowest BCUT2D eigenvalue weighted by Gasteiger charge is -2.12. The SMILES string of the molecule is CC(CN)c1c(O)ccc(F)c1F. The van der Waals surface area contributed by atoms with E-state index in [2.05, 4.69) is 0 Å². The zero-order chi connectivity index (χ0) is 10.0. The fourth-order valence-corrected chi connectivity index (χ4v) is 1.14. The molecule has 0 aromatic heterocycles. The van der Waals surface area contributed by atoms with E-state index in [1.807, 2.05) is 0 Å². The van der Waals surface area contributed by atoms with Gasteiger partial charge in [-0.15, -0.1) is 0 Å². The molecule has 0 aliphatic heterocycles. The summed E-state index contributed by atoms with van der Waals surface area (Å²) >= 11 is 0. The number of halogens is 2. The molecule has 0 radical (unpaired) electrons. The van der Waals surface area contributed by atoms with Crippen molar-refractivity contribution in [3.05, 3.63) is 29.3 Å². The summed E-state index contributed by atoms with van der Waals surface area (Å²) in [7, 11) is 0. The normalized spacial score (nSPS) is 12.9. The monoisotopic (exact) mass is 187 g/mol. The van der Waals surface area contributed by atoms with Crippen molar-refractivity contribution in [1.82, 2.24) is 0 Å². The van der Waals surface area contributed by atoms with Gasteiger partial charge in [0.15, 0.2) is 11.6 Å². The van der Waals surface area contributed by atoms with Gasteiger partial charge in [-0.3, -0.25) is 0 Å². The summed E-state index contributed by atoms with van der Waals surface area (Å²) in [6, 6.07) is 2.01. The molecular weight excluding hydrogens is 176 g/mol. The molecule has 72 valence electrons. The molecule has 0 aliphatic carbocycles. The summed E-state index contributed by atoms with van der Waals surface area (Å²) in [6.45, 7) is 1.78. The van der Waals surface area contributed by atoms with Crippen LogP contribution in [0.25, 0.3) is 0 Å². The van der Waals surface area contributed by atoms with Crippen LogP contribution in [0.5, 0.6) is 5.75 Å². The van der Waals surface area contributed by atoms with Gasteiger partial charge in [-0.25, -0.2) is 8.78 Å². The van der Waals surface area contributed by atoms with Gasteiger partial charge in [-0.05, 0) is 24.6 Å². The van der Waals surface area contributed by atoms with Gasteiger partial charge in [-0.2, -0.15) is 0 Å². The fourth-order valence-electron chi connectivity index (χ4n) is 1.14. The second kappa shape index (κ2) is 3.70. The number of aromatic hydroxyl groups is 1. The van der Waals surface area contributed by atoms with Crippen molar-refractivity contribution in [2.24, 2.45) is 5.73 Å². The lowest BCUT2D eigenvalue weighted by Crippen LogP contribution is -2.11. The summed E-state index contributed by atoms with van der Waals surface area (Å²) < 4.78 is 25.8. The Balaban J connectivity index is 3.25. The molecule has 1 aromatic rings. The standard InChI is InChI=1S/C9H11F2NO/c1-5(4-12)8-7(13)3-2-6(10)9(8)11/h2-3,5,13H,4,12H2,1H3. The van der Waals surface area contributed by atoms with Gasteiger partial charge in [0.05, 0.1) is 0 Å². The Labute approximate surface area is 75.0 Å². The van der Waals surface area contributed by atoms with E-state index < -0.39 is 17.6 Å². The first-order valence-electron chi connectivity index (χ1n) is 3.94. The zero-order valence-corrected chi connectivity index (χ0v) is 7.22. The second-order valence-electron chi connectivity index (χ2n) is 2.93. The van der Waals surface area contributed by atoms with Crippen LogP contribution >= 0.6 is 0 Å². The largest absolute Gasteiger partial charge is 0.508 e. The predicted octanol–water partition coefficient (Wildman–Crippen LogP) is 1.73. The molecule has 1 aromatic carbocycles. The van der Waals surface area contributed by atoms with Crippen LogP contribution in [0, 0.1) is 11.6 Å². The molecule has 0 heterocycles. The maximum Gasteiger partial charge on any atom is 0.166 e. The van der Waals surface area contributed by atoms with E-state index in [0.717, 1.165) is 12.1 Å². The highest BCUT2D eigenvalue weighted by atomic mass is 19.2. The minimum absolute atomic E-state index is 0.0532. The predicted molar refractivity (Wildman–Crippen MR) is 45.5 cm³/mol. The Morgan fingerprint density at radius 2 is 2.08 bits per heavy atom. The number of nitrogens with two attached hydrogens (primary N) is 1. The molecule has 0 fully saturated rings. The Morgan fingerprint density at radius 1 is 1.46 bits per heavy atom. The molecule has 0 bridgehead atoms. The van der Waals surface area contributed by atoms with Crippen LogP contribution in [0.4, 0.5) is 8.78 Å². The van der Waals surface area contributed by atoms with Gasteiger partial charge < -0.3 is 10.8 Å². The van der Waals surface area contributed by atoms with Crippen LogP contribution in [0.2, 0.25) is 0 Å². The van der Waals surface area contributed by atoms with Crippen molar-refractivity contribution in [3.63, 3.8) is 0 Å². The molecule has 1 atom stereocenters. The number of benzene rings is 1. The van der Waals surface area contributed by atoms with Crippen LogP contribution in [0.15, 0.2) is 12.1 Å². The number of phenols is 1. The third kappa shape index (κ3) is 1.78. The molecule has 3 N–H and O–H groups in total. The van der Waals surface area contributed by atoms with Crippen molar-refractivity contribution in [3.8, 4) is 5.75 Å². The van der Waals surface area contributed by atoms with Crippen molar-refractivity contribution in [2.45, 2.75) is 12.8 Å². The molecule has 13 heavy (non-hydrogen) atoms. The molecular formula is C9H11F2NO. The highest BCUT2D eigenvalue weighted by molar-refractivity contribution is 5.36. The maximum atomic E-state index is 13.1. The van der Waals surface area contributed by atoms with E-state index in [9.17, 15) is 13.9 Å². The molecule has 0 saturated heterocycles. The first-order valence-corrected chi connectivity index (χ1v) is 3.94. The molecule has 2 nitrogen and oxygen atoms in total. The number of hydrogen-bond acceptors (Lipinski definition) is 2. The summed E-state index contributed by atoms with van der Waals surface area (Å²) in [6.07, 6.45) is 0. The quantitative estimate of drug-likeness (QED) is 0.740. The Hall–Kier alpha value is -1.16. The number of phenolic OH excluding ortho intramolecular Hbond substituents is 1. The Morgan fingerprint density at radius 3 is 2.62 bits per heavy atom. The third-order valence-corrected chi connectivity index (χ3v) is 1.96. The van der Waals surface area contributed by atoms with E-state index in [-0.39, 0.29) is 17.9 Å². The van der Waals surface area contributed by atoms with Crippen molar-refractivity contribution >= 4 is 0 Å². The van der Waals surface area contributed by atoms with Gasteiger partial charge in [0, 0.05) is 5.56 Å². The number of rotatable bonds is 2. The first kappa shape index (κ1) is 9.92. The van der Waals surface area contributed by atoms with Gasteiger partial charge in [-0.1, -0.05) is 6.92 Å². The van der Waals surface area contributed by atoms with Gasteiger partial charge in [0.2, 0.25) is 0 Å². The summed E-state index contributed by atoms with van der Waals surface area (Å²) in [5, 5.41) is 9.26. The lowest BCUT2D eigenvalue weighted by atomic mass is 9.99. The topological polar surface area (TPSA) is 46.2 Å². The summed E-state index contributed by atoms with van der Waals surface area (Å²) in [5.41, 5.74) is 5.24. The summed E-state index contributed by atoms with van der Waals surface area (Å²) in [5.74, 6) is -2.63. The number of hydrogen-bond donors (Lipinski definition) is 2. The van der Waals surface area contributed by atoms with Crippen LogP contribution in [0.1, 0.15) is 18.4 Å². The minimum atomic E-state index is -1.02. The highest BCUT2D eigenvalue weighted by Gasteiger charge is 2.17. The van der Waals surface area contributed by atoms with Crippen LogP contribution in [-0.4, -0.2) is 11.7 Å². The van der Waals surface area contributed by atoms with E-state index in [1.54, 1.807) is 6.92 Å². The zero-order valence-electron chi connectivity index (χ0n) is 7.22. The second-order valence-corrected chi connectivity index (χ2v) is 2.93. The van der Waals surface area contributed by atoms with Gasteiger partial charge in [0.25, 0.3) is 0 Å². The average Bonchev–Trinajstić information content (AvgIpc) is 2.12. The molecule has 4 heteroatoms. The smallest absolute Gasteiger partial charge is 0.166 e. The van der Waals surface area contributed by atoms with Crippen molar-refractivity contribution < 1.29 is 13.9 Å². The summed E-state index contributed by atoms with van der Waals surface area (Å²) in [4.78, 5) is 0. The third-order valence-electron chi connectivity index (χ3n) is 1.96. The van der Waals surface area contributed by atoms with Crippen molar-refractivity contribution in [2.75, 3.05) is 6.54 Å². The maximum absolute atomic E-state index is 13.1. The highest BCUT2D eigenvalue weighted by Crippen LogP contribution is 2.28. The Bertz CT molecular complexity index is 315. The fraction of sp³-hybridized carbons (Fsp3) is 0.333. The van der Waals surface area contributed by atoms with E-state index in [0.29, 0.717) is 0 Å². The lowest BCUT2D eigenvalue weighted by molar-refractivity contribution is 0.433. The molecule has 1 unspecified atom stereocenters. The van der Waals surface area contributed by atoms with Crippen LogP contribution in [0.3, 0.4) is 0 Å². The van der Waals surface area contributed by atoms with Gasteiger partial charge in [0.1, 0.15) is 5.75 Å². The molecule has 0 spiro atoms. The molecule has 0 aliphatic rings. The van der Waals surface area contributed by atoms with E-state index in [4.69, 9.17) is 5.73 Å². The molecule has 0 saturated carbocycles. The average molecular weight is 187 g/mol. The van der Waals surface area contributed by atoms with Crippen LogP contribution < -0.4 is 5.73 Å². The van der Waals surface area contributed by atoms with Gasteiger partial charge >= 0.3 is 0 Å². The van der Waals surface area contributed by atoms with E-state index in [1.165, 1.54) is 0 Å². The minimum Gasteiger partial charge on any atom is -0.508 e. The van der Waals surface area contributed by atoms with E-state index >= 15 is 0 Å². The Kier molecular flexibility index (Phi) is 2.83.